The molecule has 4 rings (SSSR count). The molecule has 0 aliphatic heterocycles. The first-order valence-corrected chi connectivity index (χ1v) is 11.0. The Hall–Kier alpha value is -2.64. The second-order valence-electron chi connectivity index (χ2n) is 8.07. The van der Waals surface area contributed by atoms with E-state index < -0.39 is 11.7 Å². The molecule has 1 aliphatic rings. The highest BCUT2D eigenvalue weighted by molar-refractivity contribution is 6.33. The minimum atomic E-state index is -0.600. The van der Waals surface area contributed by atoms with Crippen molar-refractivity contribution in [3.05, 3.63) is 52.6 Å². The number of nitrogens with one attached hydrogen (secondary N) is 2. The third-order valence-corrected chi connectivity index (χ3v) is 5.73. The van der Waals surface area contributed by atoms with Crippen LogP contribution >= 0.6 is 11.6 Å². The maximum absolute atomic E-state index is 15.6. The number of hydrogen-bond acceptors (Lipinski definition) is 4. The van der Waals surface area contributed by atoms with Crippen LogP contribution < -0.4 is 10.8 Å². The molecule has 2 N–H and O–H groups in total. The minimum absolute atomic E-state index is 0.0199. The number of rotatable bonds is 9. The predicted molar refractivity (Wildman–Crippen MR) is 120 cm³/mol. The minimum Gasteiger partial charge on any atom is -0.351 e. The van der Waals surface area contributed by atoms with Crippen LogP contribution in [0, 0.1) is 18.7 Å². The SMILES string of the molecule is CCCCn1cnc2c(F)c(Nc3ccc(C)cc3Cl)c(C(=O)NOCC3CC3)cc21. The van der Waals surface area contributed by atoms with E-state index >= 15 is 4.39 Å². The molecule has 0 saturated heterocycles. The summed E-state index contributed by atoms with van der Waals surface area (Å²) in [5, 5.41) is 3.44. The zero-order chi connectivity index (χ0) is 22.0. The average molecular weight is 445 g/mol. The second kappa shape index (κ2) is 9.24. The maximum atomic E-state index is 15.6. The molecule has 164 valence electrons. The van der Waals surface area contributed by atoms with Crippen LogP contribution in [0.3, 0.4) is 0 Å². The van der Waals surface area contributed by atoms with Gasteiger partial charge in [0.1, 0.15) is 5.52 Å². The largest absolute Gasteiger partial charge is 0.351 e. The number of hydrogen-bond donors (Lipinski definition) is 2. The Balaban J connectivity index is 1.73. The van der Waals surface area contributed by atoms with E-state index in [0.29, 0.717) is 35.3 Å². The van der Waals surface area contributed by atoms with Crippen molar-refractivity contribution in [2.45, 2.75) is 46.1 Å². The number of benzene rings is 2. The topological polar surface area (TPSA) is 68.2 Å². The third kappa shape index (κ3) is 4.83. The normalized spacial score (nSPS) is 13.5. The number of aromatic nitrogens is 2. The fourth-order valence-electron chi connectivity index (χ4n) is 3.39. The molecule has 1 heterocycles. The van der Waals surface area contributed by atoms with Crippen molar-refractivity contribution in [3.63, 3.8) is 0 Å². The summed E-state index contributed by atoms with van der Waals surface area (Å²) in [6.07, 6.45) is 5.74. The zero-order valence-electron chi connectivity index (χ0n) is 17.7. The van der Waals surface area contributed by atoms with Crippen LogP contribution in [0.1, 0.15) is 48.5 Å². The van der Waals surface area contributed by atoms with Gasteiger partial charge in [-0.25, -0.2) is 14.9 Å². The number of halogens is 2. The molecule has 8 heteroatoms. The summed E-state index contributed by atoms with van der Waals surface area (Å²) in [6.45, 7) is 5.16. The molecular weight excluding hydrogens is 419 g/mol. The monoisotopic (exact) mass is 444 g/mol. The number of anilines is 2. The highest BCUT2D eigenvalue weighted by Gasteiger charge is 2.25. The number of fused-ring (bicyclic) bond motifs is 1. The van der Waals surface area contributed by atoms with E-state index in [0.717, 1.165) is 31.2 Å². The van der Waals surface area contributed by atoms with Gasteiger partial charge in [0, 0.05) is 6.54 Å². The van der Waals surface area contributed by atoms with Gasteiger partial charge in [0.15, 0.2) is 5.82 Å². The first-order chi connectivity index (χ1) is 15.0. The van der Waals surface area contributed by atoms with Gasteiger partial charge in [-0.1, -0.05) is 31.0 Å². The molecule has 1 saturated carbocycles. The summed E-state index contributed by atoms with van der Waals surface area (Å²) in [5.41, 5.74) is 4.87. The third-order valence-electron chi connectivity index (χ3n) is 5.42. The smallest absolute Gasteiger partial charge is 0.277 e. The summed E-state index contributed by atoms with van der Waals surface area (Å²) in [7, 11) is 0. The average Bonchev–Trinajstić information content (AvgIpc) is 3.48. The maximum Gasteiger partial charge on any atom is 0.277 e. The van der Waals surface area contributed by atoms with Crippen molar-refractivity contribution in [2.75, 3.05) is 11.9 Å². The van der Waals surface area contributed by atoms with Gasteiger partial charge in [-0.2, -0.15) is 0 Å². The van der Waals surface area contributed by atoms with Gasteiger partial charge in [-0.15, -0.1) is 0 Å². The van der Waals surface area contributed by atoms with E-state index in [1.54, 1.807) is 24.5 Å². The molecule has 6 nitrogen and oxygen atoms in total. The molecule has 0 spiro atoms. The summed E-state index contributed by atoms with van der Waals surface area (Å²) in [4.78, 5) is 22.5. The molecule has 1 amide bonds. The Bertz CT molecular complexity index is 1110. The van der Waals surface area contributed by atoms with Gasteiger partial charge >= 0.3 is 0 Å². The van der Waals surface area contributed by atoms with E-state index in [1.165, 1.54) is 0 Å². The van der Waals surface area contributed by atoms with E-state index in [2.05, 4.69) is 22.7 Å². The fourth-order valence-corrected chi connectivity index (χ4v) is 3.67. The van der Waals surface area contributed by atoms with E-state index in [9.17, 15) is 4.79 Å². The van der Waals surface area contributed by atoms with E-state index in [-0.39, 0.29) is 16.8 Å². The van der Waals surface area contributed by atoms with E-state index in [4.69, 9.17) is 16.4 Å². The Morgan fingerprint density at radius 2 is 2.16 bits per heavy atom. The van der Waals surface area contributed by atoms with Crippen molar-refractivity contribution >= 4 is 39.9 Å². The number of carbonyl (C=O) groups excluding carboxylic acids is 1. The van der Waals surface area contributed by atoms with Gasteiger partial charge in [0.05, 0.1) is 40.4 Å². The lowest BCUT2D eigenvalue weighted by Gasteiger charge is -2.16. The number of aryl methyl sites for hydroxylation is 2. The van der Waals surface area contributed by atoms with Gasteiger partial charge in [-0.3, -0.25) is 9.63 Å². The van der Waals surface area contributed by atoms with Crippen LogP contribution in [0.25, 0.3) is 11.0 Å². The molecule has 0 radical (unpaired) electrons. The van der Waals surface area contributed by atoms with Gasteiger partial charge < -0.3 is 9.88 Å². The Labute approximate surface area is 185 Å². The Kier molecular flexibility index (Phi) is 6.43. The van der Waals surface area contributed by atoms with Crippen LogP contribution in [-0.4, -0.2) is 22.1 Å². The number of imidazole rings is 1. The molecule has 3 aromatic rings. The molecule has 2 aromatic carbocycles. The first-order valence-electron chi connectivity index (χ1n) is 10.6. The molecule has 1 aliphatic carbocycles. The van der Waals surface area contributed by atoms with Gasteiger partial charge in [0.2, 0.25) is 0 Å². The molecule has 31 heavy (non-hydrogen) atoms. The van der Waals surface area contributed by atoms with Crippen molar-refractivity contribution in [3.8, 4) is 0 Å². The van der Waals surface area contributed by atoms with Crippen LogP contribution in [-0.2, 0) is 11.4 Å². The quantitative estimate of drug-likeness (QED) is 0.412. The number of nitrogens with zero attached hydrogens (tertiary/aromatic N) is 2. The van der Waals surface area contributed by atoms with Gasteiger partial charge in [-0.05, 0) is 55.9 Å². The van der Waals surface area contributed by atoms with Crippen LogP contribution in [0.2, 0.25) is 5.02 Å². The lowest BCUT2D eigenvalue weighted by molar-refractivity contribution is 0.0271. The molecular formula is C23H26ClFN4O2. The van der Waals surface area contributed by atoms with Crippen LogP contribution in [0.4, 0.5) is 15.8 Å². The van der Waals surface area contributed by atoms with Gasteiger partial charge in [0.25, 0.3) is 5.91 Å². The fraction of sp³-hybridized carbons (Fsp3) is 0.391. The van der Waals surface area contributed by atoms with Crippen molar-refractivity contribution in [1.29, 1.82) is 0 Å². The molecule has 0 atom stereocenters. The lowest BCUT2D eigenvalue weighted by atomic mass is 10.1. The Morgan fingerprint density at radius 1 is 1.35 bits per heavy atom. The summed E-state index contributed by atoms with van der Waals surface area (Å²) < 4.78 is 17.4. The summed E-state index contributed by atoms with van der Waals surface area (Å²) in [6, 6.07) is 7.05. The molecule has 1 aromatic heterocycles. The van der Waals surface area contributed by atoms with Crippen molar-refractivity contribution < 1.29 is 14.0 Å². The van der Waals surface area contributed by atoms with E-state index in [1.807, 2.05) is 17.6 Å². The highest BCUT2D eigenvalue weighted by Crippen LogP contribution is 2.34. The highest BCUT2D eigenvalue weighted by atomic mass is 35.5. The first kappa shape index (κ1) is 21.6. The number of amides is 1. The standard InChI is InChI=1S/C23H26ClFN4O2/c1-3-4-9-29-13-26-22-19(29)11-16(23(30)28-31-12-15-6-7-15)21(20(22)25)27-18-8-5-14(2)10-17(18)24/h5,8,10-11,13,15,27H,3-4,6-7,9,12H2,1-2H3,(H,28,30). The molecule has 0 unspecified atom stereocenters. The zero-order valence-corrected chi connectivity index (χ0v) is 18.4. The second-order valence-corrected chi connectivity index (χ2v) is 8.47. The van der Waals surface area contributed by atoms with Crippen LogP contribution in [0.5, 0.6) is 0 Å². The summed E-state index contributed by atoms with van der Waals surface area (Å²) in [5.74, 6) is -0.633. The molecule has 0 bridgehead atoms. The number of hydroxylamine groups is 1. The predicted octanol–water partition coefficient (Wildman–Crippen LogP) is 5.75. The lowest BCUT2D eigenvalue weighted by Crippen LogP contribution is -2.26. The van der Waals surface area contributed by atoms with Crippen molar-refractivity contribution in [2.24, 2.45) is 5.92 Å². The van der Waals surface area contributed by atoms with Crippen LogP contribution in [0.15, 0.2) is 30.6 Å². The number of carbonyl (C=O) groups is 1. The summed E-state index contributed by atoms with van der Waals surface area (Å²) >= 11 is 6.34. The van der Waals surface area contributed by atoms with Crippen molar-refractivity contribution in [1.82, 2.24) is 15.0 Å². The Morgan fingerprint density at radius 3 is 2.87 bits per heavy atom. The molecule has 1 fully saturated rings. The number of unbranched alkanes of at least 4 members (excludes halogenated alkanes) is 1.